The van der Waals surface area contributed by atoms with Crippen LogP contribution in [0.3, 0.4) is 0 Å². The third-order valence-electron chi connectivity index (χ3n) is 2.57. The monoisotopic (exact) mass is 275 g/mol. The van der Waals surface area contributed by atoms with E-state index in [1.54, 1.807) is 12.1 Å². The summed E-state index contributed by atoms with van der Waals surface area (Å²) in [7, 11) is 1.15. The molecule has 0 fully saturated rings. The molecule has 0 aliphatic carbocycles. The summed E-state index contributed by atoms with van der Waals surface area (Å²) in [6.45, 7) is 3.48. The van der Waals surface area contributed by atoms with Gasteiger partial charge in [0.15, 0.2) is 0 Å². The zero-order valence-corrected chi connectivity index (χ0v) is 11.2. The highest BCUT2D eigenvalue weighted by Gasteiger charge is 2.42. The molecule has 1 aromatic carbocycles. The minimum atomic E-state index is -1.97. The van der Waals surface area contributed by atoms with E-state index in [4.69, 9.17) is 10.5 Å². The van der Waals surface area contributed by atoms with Gasteiger partial charge in [-0.2, -0.15) is 0 Å². The Morgan fingerprint density at radius 2 is 1.95 bits per heavy atom. The van der Waals surface area contributed by atoms with Crippen LogP contribution >= 0.6 is 0 Å². The minimum absolute atomic E-state index is 0.0253. The van der Waals surface area contributed by atoms with Crippen LogP contribution in [-0.4, -0.2) is 24.6 Å². The fourth-order valence-electron chi connectivity index (χ4n) is 1.45. The number of hydrogen-bond acceptors (Lipinski definition) is 5. The summed E-state index contributed by atoms with van der Waals surface area (Å²) in [5, 5.41) is 0. The Labute approximate surface area is 117 Å². The highest BCUT2D eigenvalue weighted by molar-refractivity contribution is 6.07. The zero-order valence-electron chi connectivity index (χ0n) is 11.2. The molecule has 0 aliphatic heterocycles. The standard InChI is InChI=1S/C15H17NO4/c1-3-4-10-15(16,13(17)19-2)14(18)20-11-12-8-6-5-7-9-12/h3-10H,1,11,16H2,2H3. The molecule has 0 aliphatic rings. The molecule has 0 aromatic heterocycles. The maximum Gasteiger partial charge on any atom is 0.342 e. The number of esters is 2. The van der Waals surface area contributed by atoms with E-state index in [0.717, 1.165) is 12.7 Å². The molecule has 0 radical (unpaired) electrons. The average molecular weight is 275 g/mol. The van der Waals surface area contributed by atoms with Crippen molar-refractivity contribution in [1.82, 2.24) is 0 Å². The molecular formula is C15H17NO4. The lowest BCUT2D eigenvalue weighted by molar-refractivity contribution is -0.160. The predicted octanol–water partition coefficient (Wildman–Crippen LogP) is 1.34. The van der Waals surface area contributed by atoms with Gasteiger partial charge in [-0.1, -0.05) is 49.1 Å². The topological polar surface area (TPSA) is 78.6 Å². The summed E-state index contributed by atoms with van der Waals surface area (Å²) in [5.41, 5.74) is 4.58. The minimum Gasteiger partial charge on any atom is -0.467 e. The number of carbonyl (C=O) groups excluding carboxylic acids is 2. The number of rotatable bonds is 6. The molecule has 0 saturated heterocycles. The van der Waals surface area contributed by atoms with Gasteiger partial charge in [-0.25, -0.2) is 9.59 Å². The Morgan fingerprint density at radius 1 is 1.30 bits per heavy atom. The summed E-state index contributed by atoms with van der Waals surface area (Å²) in [5.74, 6) is -1.78. The smallest absolute Gasteiger partial charge is 0.342 e. The molecule has 5 nitrogen and oxygen atoms in total. The molecule has 0 bridgehead atoms. The first-order chi connectivity index (χ1) is 9.54. The van der Waals surface area contributed by atoms with Gasteiger partial charge in [0.1, 0.15) is 6.61 Å². The number of nitrogens with two attached hydrogens (primary N) is 1. The molecule has 1 atom stereocenters. The van der Waals surface area contributed by atoms with Crippen molar-refractivity contribution in [3.63, 3.8) is 0 Å². The quantitative estimate of drug-likeness (QED) is 0.481. The number of carbonyl (C=O) groups is 2. The van der Waals surface area contributed by atoms with Gasteiger partial charge >= 0.3 is 11.9 Å². The van der Waals surface area contributed by atoms with Crippen LogP contribution in [0.1, 0.15) is 5.56 Å². The predicted molar refractivity (Wildman–Crippen MR) is 74.5 cm³/mol. The van der Waals surface area contributed by atoms with Crippen molar-refractivity contribution < 1.29 is 19.1 Å². The Kier molecular flexibility index (Phi) is 5.68. The van der Waals surface area contributed by atoms with E-state index in [9.17, 15) is 9.59 Å². The van der Waals surface area contributed by atoms with Crippen LogP contribution in [0.4, 0.5) is 0 Å². The van der Waals surface area contributed by atoms with Gasteiger partial charge < -0.3 is 15.2 Å². The second-order valence-electron chi connectivity index (χ2n) is 4.02. The highest BCUT2D eigenvalue weighted by atomic mass is 16.6. The lowest BCUT2D eigenvalue weighted by Gasteiger charge is -2.20. The summed E-state index contributed by atoms with van der Waals surface area (Å²) in [6, 6.07) is 9.07. The Morgan fingerprint density at radius 3 is 2.50 bits per heavy atom. The number of ether oxygens (including phenoxy) is 2. The molecule has 0 saturated carbocycles. The molecule has 1 unspecified atom stereocenters. The lowest BCUT2D eigenvalue weighted by atomic mass is 10.0. The van der Waals surface area contributed by atoms with E-state index in [0.29, 0.717) is 0 Å². The van der Waals surface area contributed by atoms with Gasteiger partial charge in [-0.15, -0.1) is 0 Å². The van der Waals surface area contributed by atoms with Crippen molar-refractivity contribution in [1.29, 1.82) is 0 Å². The summed E-state index contributed by atoms with van der Waals surface area (Å²) < 4.78 is 9.60. The normalized spacial score (nSPS) is 13.5. The Balaban J connectivity index is 2.81. The highest BCUT2D eigenvalue weighted by Crippen LogP contribution is 2.11. The maximum atomic E-state index is 12.0. The van der Waals surface area contributed by atoms with E-state index in [1.165, 1.54) is 18.2 Å². The van der Waals surface area contributed by atoms with Crippen molar-refractivity contribution in [2.45, 2.75) is 12.1 Å². The maximum absolute atomic E-state index is 12.0. The van der Waals surface area contributed by atoms with E-state index in [-0.39, 0.29) is 6.61 Å². The molecule has 0 spiro atoms. The largest absolute Gasteiger partial charge is 0.467 e. The Bertz CT molecular complexity index is 510. The SMILES string of the molecule is C=CC=CC(N)(C(=O)OC)C(=O)OCc1ccccc1. The molecule has 5 heteroatoms. The number of benzene rings is 1. The van der Waals surface area contributed by atoms with Crippen LogP contribution in [0.2, 0.25) is 0 Å². The van der Waals surface area contributed by atoms with Crippen LogP contribution in [0.25, 0.3) is 0 Å². The van der Waals surface area contributed by atoms with Gasteiger partial charge in [0.25, 0.3) is 0 Å². The molecule has 1 aromatic rings. The number of allylic oxidation sites excluding steroid dienone is 2. The number of methoxy groups -OCH3 is 1. The second-order valence-corrected chi connectivity index (χ2v) is 4.02. The molecule has 0 amide bonds. The molecule has 2 N–H and O–H groups in total. The first-order valence-corrected chi connectivity index (χ1v) is 5.93. The summed E-state index contributed by atoms with van der Waals surface area (Å²) in [4.78, 5) is 23.7. The van der Waals surface area contributed by atoms with Crippen LogP contribution in [0.15, 0.2) is 55.1 Å². The first kappa shape index (κ1) is 15.7. The van der Waals surface area contributed by atoms with E-state index >= 15 is 0 Å². The van der Waals surface area contributed by atoms with Crippen LogP contribution < -0.4 is 5.73 Å². The van der Waals surface area contributed by atoms with Crippen molar-refractivity contribution in [2.75, 3.05) is 7.11 Å². The fourth-order valence-corrected chi connectivity index (χ4v) is 1.45. The molecule has 106 valence electrons. The van der Waals surface area contributed by atoms with Gasteiger partial charge in [-0.3, -0.25) is 0 Å². The third kappa shape index (κ3) is 3.80. The van der Waals surface area contributed by atoms with Crippen molar-refractivity contribution in [2.24, 2.45) is 5.73 Å². The van der Waals surface area contributed by atoms with Gasteiger partial charge in [0.2, 0.25) is 5.54 Å². The first-order valence-electron chi connectivity index (χ1n) is 5.93. The average Bonchev–Trinajstić information content (AvgIpc) is 2.50. The van der Waals surface area contributed by atoms with Crippen LogP contribution in [-0.2, 0) is 25.7 Å². The van der Waals surface area contributed by atoms with Gasteiger partial charge in [0.05, 0.1) is 7.11 Å². The van der Waals surface area contributed by atoms with Gasteiger partial charge in [-0.05, 0) is 11.6 Å². The van der Waals surface area contributed by atoms with E-state index in [2.05, 4.69) is 11.3 Å². The third-order valence-corrected chi connectivity index (χ3v) is 2.57. The van der Waals surface area contributed by atoms with Crippen LogP contribution in [0.5, 0.6) is 0 Å². The van der Waals surface area contributed by atoms with Gasteiger partial charge in [0, 0.05) is 0 Å². The zero-order chi connectivity index (χ0) is 15.0. The fraction of sp³-hybridized carbons (Fsp3) is 0.200. The van der Waals surface area contributed by atoms with Crippen molar-refractivity contribution in [3.8, 4) is 0 Å². The summed E-state index contributed by atoms with van der Waals surface area (Å²) >= 11 is 0. The van der Waals surface area contributed by atoms with Crippen LogP contribution in [0, 0.1) is 0 Å². The Hall–Kier alpha value is -2.40. The molecule has 20 heavy (non-hydrogen) atoms. The van der Waals surface area contributed by atoms with E-state index in [1.807, 2.05) is 18.2 Å². The molecule has 1 rings (SSSR count). The molecule has 0 heterocycles. The summed E-state index contributed by atoms with van der Waals surface area (Å²) in [6.07, 6.45) is 3.98. The number of hydrogen-bond donors (Lipinski definition) is 1. The van der Waals surface area contributed by atoms with E-state index < -0.39 is 17.5 Å². The lowest BCUT2D eigenvalue weighted by Crippen LogP contribution is -2.54. The van der Waals surface area contributed by atoms with Crippen molar-refractivity contribution in [3.05, 3.63) is 60.7 Å². The van der Waals surface area contributed by atoms with Crippen molar-refractivity contribution >= 4 is 11.9 Å². The molecular weight excluding hydrogens is 258 g/mol. The second kappa shape index (κ2) is 7.25.